The van der Waals surface area contributed by atoms with Crippen LogP contribution in [0.5, 0.6) is 5.75 Å². The van der Waals surface area contributed by atoms with Gasteiger partial charge in [0.2, 0.25) is 21.8 Å². The fourth-order valence-electron chi connectivity index (χ4n) is 9.11. The van der Waals surface area contributed by atoms with E-state index in [4.69, 9.17) is 9.47 Å². The topological polar surface area (TPSA) is 163 Å². The number of urea groups is 1. The lowest BCUT2D eigenvalue weighted by Crippen LogP contribution is -2.59. The van der Waals surface area contributed by atoms with E-state index in [1.165, 1.54) is 4.90 Å². The molecule has 6 aliphatic rings. The van der Waals surface area contributed by atoms with E-state index in [9.17, 15) is 27.6 Å². The van der Waals surface area contributed by atoms with Gasteiger partial charge in [0.05, 0.1) is 17.9 Å². The molecule has 8 rings (SSSR count). The number of amides is 5. The molecule has 55 heavy (non-hydrogen) atoms. The number of fused-ring (bicyclic) bond motifs is 6. The molecule has 4 bridgehead atoms. The molecule has 0 spiro atoms. The van der Waals surface area contributed by atoms with Gasteiger partial charge >= 0.3 is 6.03 Å². The highest BCUT2D eigenvalue weighted by molar-refractivity contribution is 7.91. The number of aryl methyl sites for hydroxylation is 1. The Morgan fingerprint density at radius 3 is 2.44 bits per heavy atom. The molecule has 5 amide bonds. The molecule has 2 aromatic rings. The second-order valence-corrected chi connectivity index (χ2v) is 18.4. The van der Waals surface area contributed by atoms with Crippen LogP contribution >= 0.6 is 0 Å². The minimum absolute atomic E-state index is 0.0630. The molecule has 2 saturated heterocycles. The van der Waals surface area contributed by atoms with Crippen LogP contribution in [0.2, 0.25) is 0 Å². The number of sulfonamides is 1. The summed E-state index contributed by atoms with van der Waals surface area (Å²) in [5.74, 6) is -1.60. The van der Waals surface area contributed by atoms with Crippen LogP contribution in [0.25, 0.3) is 10.8 Å². The molecule has 0 aromatic heterocycles. The van der Waals surface area contributed by atoms with Gasteiger partial charge < -0.3 is 29.9 Å². The summed E-state index contributed by atoms with van der Waals surface area (Å²) in [5, 5.41) is 7.48. The molecule has 0 unspecified atom stereocenters. The molecule has 3 aliphatic heterocycles. The fourth-order valence-corrected chi connectivity index (χ4v) is 10.5. The van der Waals surface area contributed by atoms with Crippen molar-refractivity contribution in [2.24, 2.45) is 11.8 Å². The quantitative estimate of drug-likeness (QED) is 0.357. The fraction of sp³-hybridized carbons (Fsp3) is 0.610. The van der Waals surface area contributed by atoms with Crippen LogP contribution in [0.3, 0.4) is 0 Å². The van der Waals surface area contributed by atoms with Crippen molar-refractivity contribution in [1.82, 2.24) is 25.2 Å². The summed E-state index contributed by atoms with van der Waals surface area (Å²) in [5.41, 5.74) is -0.455. The van der Waals surface area contributed by atoms with Gasteiger partial charge in [-0.3, -0.25) is 19.1 Å². The molecule has 14 heteroatoms. The van der Waals surface area contributed by atoms with Crippen molar-refractivity contribution in [3.05, 3.63) is 54.6 Å². The van der Waals surface area contributed by atoms with Gasteiger partial charge in [0.15, 0.2) is 0 Å². The third kappa shape index (κ3) is 7.94. The van der Waals surface area contributed by atoms with Gasteiger partial charge in [-0.25, -0.2) is 13.2 Å². The molecule has 0 radical (unpaired) electrons. The van der Waals surface area contributed by atoms with Crippen molar-refractivity contribution in [1.29, 1.82) is 0 Å². The zero-order valence-corrected chi connectivity index (χ0v) is 32.2. The Morgan fingerprint density at radius 1 is 0.945 bits per heavy atom. The Bertz CT molecular complexity index is 1950. The molecular weight excluding hydrogens is 723 g/mol. The van der Waals surface area contributed by atoms with E-state index < -0.39 is 56.7 Å². The van der Waals surface area contributed by atoms with Gasteiger partial charge in [-0.05, 0) is 92.2 Å². The van der Waals surface area contributed by atoms with Crippen LogP contribution in [-0.4, -0.2) is 103 Å². The van der Waals surface area contributed by atoms with E-state index in [-0.39, 0.29) is 43.3 Å². The zero-order chi connectivity index (χ0) is 38.3. The number of nitrogens with zero attached hydrogens (tertiary/aromatic N) is 2. The predicted molar refractivity (Wildman–Crippen MR) is 206 cm³/mol. The van der Waals surface area contributed by atoms with Gasteiger partial charge in [0.25, 0.3) is 5.91 Å². The average Bonchev–Trinajstić information content (AvgIpc) is 3.94. The minimum atomic E-state index is -3.87. The van der Waals surface area contributed by atoms with Crippen LogP contribution in [-0.2, 0) is 35.6 Å². The maximum Gasteiger partial charge on any atom is 0.318 e. The molecule has 6 atom stereocenters. The molecule has 3 saturated carbocycles. The highest BCUT2D eigenvalue weighted by Crippen LogP contribution is 2.46. The lowest BCUT2D eigenvalue weighted by atomic mass is 9.96. The number of carbonyl (C=O) groups is 4. The van der Waals surface area contributed by atoms with Gasteiger partial charge in [-0.2, -0.15) is 0 Å². The third-order valence-electron chi connectivity index (χ3n) is 12.6. The number of hydrogen-bond donors (Lipinski definition) is 3. The Hall–Kier alpha value is -4.17. The third-order valence-corrected chi connectivity index (χ3v) is 14.4. The Balaban J connectivity index is 1.11. The summed E-state index contributed by atoms with van der Waals surface area (Å²) < 4.78 is 40.7. The summed E-state index contributed by atoms with van der Waals surface area (Å²) in [7, 11) is -3.87. The Kier molecular flexibility index (Phi) is 10.6. The zero-order valence-electron chi connectivity index (χ0n) is 31.4. The lowest BCUT2D eigenvalue weighted by molar-refractivity contribution is -0.142. The molecule has 3 heterocycles. The number of ether oxygens (including phenoxy) is 2. The first-order chi connectivity index (χ1) is 26.5. The number of benzene rings is 2. The van der Waals surface area contributed by atoms with Gasteiger partial charge in [-0.15, -0.1) is 6.58 Å². The van der Waals surface area contributed by atoms with E-state index in [0.717, 1.165) is 74.1 Å². The first-order valence-corrected chi connectivity index (χ1v) is 21.8. The monoisotopic (exact) mass is 775 g/mol. The summed E-state index contributed by atoms with van der Waals surface area (Å²) in [4.78, 5) is 60.0. The predicted octanol–water partition coefficient (Wildman–Crippen LogP) is 3.94. The van der Waals surface area contributed by atoms with Crippen molar-refractivity contribution < 1.29 is 37.1 Å². The van der Waals surface area contributed by atoms with Gasteiger partial charge in [0.1, 0.15) is 29.5 Å². The first kappa shape index (κ1) is 37.7. The highest BCUT2D eigenvalue weighted by atomic mass is 32.2. The SMILES string of the molecule is C=C[C@@H]1C[C@]1(NC(=O)[C@@H]1C[C@@H]2CN1C(=O)[C@H](C1CCCC1)NC(=O)N1CC[C@@H](C1)OCCCCCc1cc3ccccc3cc1O2)C(=O)NS(=O)(=O)C1CC1. The Morgan fingerprint density at radius 2 is 1.71 bits per heavy atom. The van der Waals surface area contributed by atoms with Gasteiger partial charge in [-0.1, -0.05) is 49.6 Å². The Labute approximate surface area is 323 Å². The van der Waals surface area contributed by atoms with E-state index in [1.54, 1.807) is 11.0 Å². The normalized spacial score (nSPS) is 30.7. The summed E-state index contributed by atoms with van der Waals surface area (Å²) in [6, 6.07) is 10.1. The molecular formula is C41H53N5O8S. The molecule has 13 nitrogen and oxygen atoms in total. The van der Waals surface area contributed by atoms with E-state index >= 15 is 0 Å². The van der Waals surface area contributed by atoms with E-state index in [0.29, 0.717) is 38.3 Å². The number of nitrogens with one attached hydrogen (secondary N) is 3. The van der Waals surface area contributed by atoms with Crippen molar-refractivity contribution in [3.63, 3.8) is 0 Å². The maximum absolute atomic E-state index is 14.9. The first-order valence-electron chi connectivity index (χ1n) is 20.2. The van der Waals surface area contributed by atoms with E-state index in [2.05, 4.69) is 34.1 Å². The second-order valence-electron chi connectivity index (χ2n) is 16.5. The van der Waals surface area contributed by atoms with Crippen LogP contribution in [0.15, 0.2) is 49.1 Å². The standard InChI is InChI=1S/C41H53N5O8S/c1-2-30-23-41(30,39(49)44-55(51,52)33-15-16-33)43-37(47)34-22-32-25-46(34)38(48)36(26-10-5-6-11-26)42-40(50)45-18-17-31(24-45)53-19-9-3-4-14-29-20-27-12-7-8-13-28(27)21-35(29)54-32/h2,7-8,12-13,20-21,26,30-34,36H,1,3-6,9-11,14-19,22-25H2,(H,42,50)(H,43,47)(H,44,49)/t30-,31+,32-,34+,36+,41-/m1/s1. The number of rotatable bonds is 7. The summed E-state index contributed by atoms with van der Waals surface area (Å²) >= 11 is 0. The number of carbonyl (C=O) groups excluding carboxylic acids is 4. The number of hydrogen-bond acceptors (Lipinski definition) is 8. The van der Waals surface area contributed by atoms with Crippen LogP contribution in [0, 0.1) is 11.8 Å². The van der Waals surface area contributed by atoms with Crippen molar-refractivity contribution >= 4 is 44.5 Å². The maximum atomic E-state index is 14.9. The van der Waals surface area contributed by atoms with Crippen LogP contribution in [0.1, 0.15) is 82.6 Å². The molecule has 5 fully saturated rings. The van der Waals surface area contributed by atoms with Crippen molar-refractivity contribution in [2.75, 3.05) is 26.2 Å². The minimum Gasteiger partial charge on any atom is -0.488 e. The molecule has 296 valence electrons. The second kappa shape index (κ2) is 15.4. The van der Waals surface area contributed by atoms with Crippen molar-refractivity contribution in [3.8, 4) is 5.75 Å². The van der Waals surface area contributed by atoms with Crippen LogP contribution < -0.4 is 20.1 Å². The van der Waals surface area contributed by atoms with Crippen LogP contribution in [0.4, 0.5) is 4.79 Å². The van der Waals surface area contributed by atoms with Crippen molar-refractivity contribution in [2.45, 2.75) is 119 Å². The lowest BCUT2D eigenvalue weighted by Gasteiger charge is -2.33. The molecule has 2 aromatic carbocycles. The highest BCUT2D eigenvalue weighted by Gasteiger charge is 2.62. The average molecular weight is 776 g/mol. The van der Waals surface area contributed by atoms with Gasteiger partial charge in [0, 0.05) is 32.0 Å². The molecule has 3 N–H and O–H groups in total. The van der Waals surface area contributed by atoms with E-state index in [1.807, 2.05) is 24.3 Å². The smallest absolute Gasteiger partial charge is 0.318 e. The molecule has 3 aliphatic carbocycles. The summed E-state index contributed by atoms with van der Waals surface area (Å²) in [6.45, 7) is 5.53. The summed E-state index contributed by atoms with van der Waals surface area (Å²) in [6.07, 6.45) is 9.94. The largest absolute Gasteiger partial charge is 0.488 e.